The molecule has 0 atom stereocenters. The van der Waals surface area contributed by atoms with E-state index in [-0.39, 0.29) is 0 Å². The summed E-state index contributed by atoms with van der Waals surface area (Å²) < 4.78 is 8.98. The molecule has 2 aromatic heterocycles. The highest BCUT2D eigenvalue weighted by Gasteiger charge is 2.22. The Bertz CT molecular complexity index is 3990. The molecule has 67 heavy (non-hydrogen) atoms. The number of nitrogens with zero attached hydrogens (tertiary/aromatic N) is 2. The minimum absolute atomic E-state index is 0.890. The van der Waals surface area contributed by atoms with Crippen LogP contribution in [0.5, 0.6) is 0 Å². The first-order valence-electron chi connectivity index (χ1n) is 22.9. The van der Waals surface area contributed by atoms with Crippen molar-refractivity contribution >= 4 is 71.6 Å². The third-order valence-electron chi connectivity index (χ3n) is 13.4. The van der Waals surface area contributed by atoms with Gasteiger partial charge in [-0.2, -0.15) is 0 Å². The van der Waals surface area contributed by atoms with Gasteiger partial charge in [-0.25, -0.2) is 0 Å². The summed E-state index contributed by atoms with van der Waals surface area (Å²) in [6, 6.07) is 92.0. The van der Waals surface area contributed by atoms with E-state index in [9.17, 15) is 0 Å². The number of fused-ring (bicyclic) bond motifs is 7. The molecular formula is C64H42N2O. The summed E-state index contributed by atoms with van der Waals surface area (Å²) in [5, 5.41) is 7.12. The van der Waals surface area contributed by atoms with Gasteiger partial charge in [-0.1, -0.05) is 188 Å². The van der Waals surface area contributed by atoms with Gasteiger partial charge in [0.2, 0.25) is 0 Å². The van der Waals surface area contributed by atoms with Crippen LogP contribution in [0.1, 0.15) is 0 Å². The van der Waals surface area contributed by atoms with Crippen LogP contribution in [-0.4, -0.2) is 4.57 Å². The predicted molar refractivity (Wildman–Crippen MR) is 282 cm³/mol. The van der Waals surface area contributed by atoms with Crippen LogP contribution >= 0.6 is 0 Å². The first-order valence-corrected chi connectivity index (χ1v) is 22.9. The summed E-state index contributed by atoms with van der Waals surface area (Å²) in [7, 11) is 0. The van der Waals surface area contributed by atoms with Crippen LogP contribution in [0.4, 0.5) is 17.1 Å². The van der Waals surface area contributed by atoms with Gasteiger partial charge in [0.1, 0.15) is 11.2 Å². The van der Waals surface area contributed by atoms with Gasteiger partial charge >= 0.3 is 0 Å². The third kappa shape index (κ3) is 6.51. The molecule has 0 aliphatic rings. The molecule has 0 saturated carbocycles. The van der Waals surface area contributed by atoms with Gasteiger partial charge in [0.15, 0.2) is 0 Å². The fraction of sp³-hybridized carbons (Fsp3) is 0. The molecule has 11 aromatic carbocycles. The average Bonchev–Trinajstić information content (AvgIpc) is 3.95. The fourth-order valence-electron chi connectivity index (χ4n) is 10.4. The average molecular weight is 855 g/mol. The zero-order valence-electron chi connectivity index (χ0n) is 36.6. The molecule has 0 unspecified atom stereocenters. The molecule has 0 N–H and O–H groups in total. The Morgan fingerprint density at radius 3 is 1.73 bits per heavy atom. The Morgan fingerprint density at radius 1 is 0.328 bits per heavy atom. The maximum absolute atomic E-state index is 6.61. The number of anilines is 3. The van der Waals surface area contributed by atoms with Crippen LogP contribution in [0.15, 0.2) is 259 Å². The van der Waals surface area contributed by atoms with E-state index in [4.69, 9.17) is 4.42 Å². The topological polar surface area (TPSA) is 21.3 Å². The van der Waals surface area contributed by atoms with Gasteiger partial charge < -0.3 is 13.9 Å². The van der Waals surface area contributed by atoms with Crippen molar-refractivity contribution in [3.63, 3.8) is 0 Å². The normalized spacial score (nSPS) is 11.6. The van der Waals surface area contributed by atoms with Crippen molar-refractivity contribution in [2.45, 2.75) is 0 Å². The van der Waals surface area contributed by atoms with Gasteiger partial charge in [-0.3, -0.25) is 0 Å². The number of rotatable bonds is 8. The summed E-state index contributed by atoms with van der Waals surface area (Å²) >= 11 is 0. The molecule has 0 aliphatic heterocycles. The lowest BCUT2D eigenvalue weighted by molar-refractivity contribution is 0.670. The second-order valence-corrected chi connectivity index (χ2v) is 17.2. The number of hydrogen-bond acceptors (Lipinski definition) is 2. The largest absolute Gasteiger partial charge is 0.455 e. The third-order valence-corrected chi connectivity index (χ3v) is 13.4. The lowest BCUT2D eigenvalue weighted by atomic mass is 9.90. The molecule has 13 rings (SSSR count). The summed E-state index contributed by atoms with van der Waals surface area (Å²) in [5.74, 6) is 0. The molecule has 2 heterocycles. The van der Waals surface area contributed by atoms with E-state index >= 15 is 0 Å². The lowest BCUT2D eigenvalue weighted by Gasteiger charge is -2.29. The van der Waals surface area contributed by atoms with Crippen molar-refractivity contribution in [2.24, 2.45) is 0 Å². The monoisotopic (exact) mass is 854 g/mol. The highest BCUT2D eigenvalue weighted by molar-refractivity contribution is 6.12. The van der Waals surface area contributed by atoms with Crippen LogP contribution < -0.4 is 4.90 Å². The molecule has 0 amide bonds. The summed E-state index contributed by atoms with van der Waals surface area (Å²) in [5.41, 5.74) is 17.6. The first-order chi connectivity index (χ1) is 33.2. The molecule has 0 bridgehead atoms. The van der Waals surface area contributed by atoms with Crippen LogP contribution in [-0.2, 0) is 0 Å². The molecule has 0 saturated heterocycles. The molecule has 3 heteroatoms. The molecule has 314 valence electrons. The second kappa shape index (κ2) is 16.0. The molecule has 0 fully saturated rings. The van der Waals surface area contributed by atoms with Gasteiger partial charge in [0.25, 0.3) is 0 Å². The van der Waals surface area contributed by atoms with E-state index in [1.165, 1.54) is 49.3 Å². The Labute approximate surface area is 388 Å². The van der Waals surface area contributed by atoms with Crippen molar-refractivity contribution in [3.8, 4) is 50.2 Å². The van der Waals surface area contributed by atoms with E-state index in [2.05, 4.69) is 258 Å². The summed E-state index contributed by atoms with van der Waals surface area (Å²) in [4.78, 5) is 2.44. The van der Waals surface area contributed by atoms with E-state index in [0.29, 0.717) is 0 Å². The Balaban J connectivity index is 1.02. The molecular weight excluding hydrogens is 813 g/mol. The molecule has 0 radical (unpaired) electrons. The van der Waals surface area contributed by atoms with Gasteiger partial charge in [-0.15, -0.1) is 0 Å². The second-order valence-electron chi connectivity index (χ2n) is 17.2. The molecule has 13 aromatic rings. The number of hydrogen-bond donors (Lipinski definition) is 0. The van der Waals surface area contributed by atoms with E-state index < -0.39 is 0 Å². The highest BCUT2D eigenvalue weighted by atomic mass is 16.3. The number of benzene rings is 11. The number of aromatic nitrogens is 1. The minimum Gasteiger partial charge on any atom is -0.455 e. The standard InChI is InChI=1S/C64H42N2O/c1-3-18-43(19-4-1)51-31-15-20-44-21-16-33-56(63(44)51)53-28-7-10-35-59(53)65(50-27-14-23-47(41-50)52-32-17-34-57-55-30-9-12-37-62(55)67-64(52)57)49-26-13-22-45(40-49)46-38-39-61-58(42-46)54-29-8-11-36-60(54)66(61)48-24-5-2-6-25-48/h1-42H. The Kier molecular flexibility index (Phi) is 9.17. The zero-order chi connectivity index (χ0) is 44.3. The molecule has 0 spiro atoms. The van der Waals surface area contributed by atoms with Crippen LogP contribution in [0.2, 0.25) is 0 Å². The smallest absolute Gasteiger partial charge is 0.143 e. The number of furan rings is 1. The number of para-hydroxylation sites is 5. The highest BCUT2D eigenvalue weighted by Crippen LogP contribution is 2.47. The summed E-state index contributed by atoms with van der Waals surface area (Å²) in [6.07, 6.45) is 0. The first kappa shape index (κ1) is 38.5. The maximum atomic E-state index is 6.61. The van der Waals surface area contributed by atoms with E-state index in [0.717, 1.165) is 72.5 Å². The fourth-order valence-corrected chi connectivity index (χ4v) is 10.4. The van der Waals surface area contributed by atoms with Crippen molar-refractivity contribution in [1.29, 1.82) is 0 Å². The van der Waals surface area contributed by atoms with Crippen molar-refractivity contribution in [3.05, 3.63) is 255 Å². The SMILES string of the molecule is c1ccc(-c2cccc3cccc(-c4ccccc4N(c4cccc(-c5ccc6c(c5)c5ccccc5n6-c5ccccc5)c4)c4cccc(-c5cccc6c5oc5ccccc56)c4)c23)cc1. The van der Waals surface area contributed by atoms with Gasteiger partial charge in [0, 0.05) is 49.7 Å². The van der Waals surface area contributed by atoms with Gasteiger partial charge in [0.05, 0.1) is 16.7 Å². The lowest BCUT2D eigenvalue weighted by Crippen LogP contribution is -2.11. The zero-order valence-corrected chi connectivity index (χ0v) is 36.6. The van der Waals surface area contributed by atoms with Crippen LogP contribution in [0.3, 0.4) is 0 Å². The maximum Gasteiger partial charge on any atom is 0.143 e. The van der Waals surface area contributed by atoms with E-state index in [1.807, 2.05) is 6.07 Å². The van der Waals surface area contributed by atoms with Crippen LogP contribution in [0.25, 0.3) is 105 Å². The Hall–Kier alpha value is -8.92. The quantitative estimate of drug-likeness (QED) is 0.152. The summed E-state index contributed by atoms with van der Waals surface area (Å²) in [6.45, 7) is 0. The molecule has 0 aliphatic carbocycles. The Morgan fingerprint density at radius 2 is 0.896 bits per heavy atom. The van der Waals surface area contributed by atoms with E-state index in [1.54, 1.807) is 0 Å². The predicted octanol–water partition coefficient (Wildman–Crippen LogP) is 18.0. The van der Waals surface area contributed by atoms with Crippen molar-refractivity contribution in [2.75, 3.05) is 4.90 Å². The minimum atomic E-state index is 0.890. The van der Waals surface area contributed by atoms with Crippen LogP contribution in [0, 0.1) is 0 Å². The molecule has 3 nitrogen and oxygen atoms in total. The van der Waals surface area contributed by atoms with Crippen molar-refractivity contribution < 1.29 is 4.42 Å². The van der Waals surface area contributed by atoms with Crippen molar-refractivity contribution in [1.82, 2.24) is 4.57 Å². The van der Waals surface area contributed by atoms with Gasteiger partial charge in [-0.05, 0) is 111 Å².